The molecule has 3 saturated heterocycles. The molecule has 3 aliphatic heterocycles. The van der Waals surface area contributed by atoms with E-state index >= 15 is 4.39 Å². The Morgan fingerprint density at radius 3 is 2.57 bits per heavy atom. The van der Waals surface area contributed by atoms with Crippen LogP contribution >= 0.6 is 27.3 Å². The van der Waals surface area contributed by atoms with Crippen molar-refractivity contribution in [1.29, 1.82) is 0 Å². The zero-order valence-electron chi connectivity index (χ0n) is 21.9. The van der Waals surface area contributed by atoms with Crippen molar-refractivity contribution in [3.8, 4) is 0 Å². The molecule has 7 heterocycles. The molecule has 0 aliphatic carbocycles. The number of rotatable bonds is 2. The predicted molar refractivity (Wildman–Crippen MR) is 148 cm³/mol. The highest BCUT2D eigenvalue weighted by Gasteiger charge is 2.52. The molecule has 0 radical (unpaired) electrons. The first-order valence-corrected chi connectivity index (χ1v) is 16.7. The number of aliphatic hydroxyl groups is 1. The van der Waals surface area contributed by atoms with Gasteiger partial charge in [0.15, 0.2) is 41.3 Å². The van der Waals surface area contributed by atoms with Crippen LogP contribution in [0, 0.1) is 0 Å². The molecule has 44 heavy (non-hydrogen) atoms. The van der Waals surface area contributed by atoms with Crippen LogP contribution in [-0.4, -0.2) is 94.0 Å². The maximum Gasteiger partial charge on any atom is 0.386 e. The number of imidazole rings is 2. The first kappa shape index (κ1) is 29.7. The number of hydrogen-bond donors (Lipinski definition) is 5. The monoisotopic (exact) mass is 676 g/mol. The average Bonchev–Trinajstić information content (AvgIpc) is 3.72. The summed E-state index contributed by atoms with van der Waals surface area (Å²) in [5.74, 6) is -0.167. The number of alkyl halides is 1. The van der Waals surface area contributed by atoms with E-state index < -0.39 is 83.0 Å². The zero-order valence-corrected chi connectivity index (χ0v) is 24.7. The number of H-pyrrole nitrogens is 1. The summed E-state index contributed by atoms with van der Waals surface area (Å²) < 4.78 is 78.3. The molecule has 0 aromatic carbocycles. The Kier molecular flexibility index (Phi) is 7.47. The number of nitrogens with one attached hydrogen (secondary N) is 1. The number of anilines is 2. The molecular formula is C20H23FN10O10P2S. The minimum Gasteiger partial charge on any atom is -0.387 e. The number of hydrogen-bond acceptors (Lipinski definition) is 17. The van der Waals surface area contributed by atoms with Gasteiger partial charge in [0.1, 0.15) is 42.4 Å². The number of aromatic amines is 1. The lowest BCUT2D eigenvalue weighted by molar-refractivity contribution is -0.0564. The average molecular weight is 676 g/mol. The lowest BCUT2D eigenvalue weighted by Gasteiger charge is -2.25. The minimum absolute atomic E-state index is 0.0797. The second-order valence-corrected chi connectivity index (χ2v) is 13.8. The van der Waals surface area contributed by atoms with Crippen LogP contribution < -0.4 is 17.0 Å². The summed E-state index contributed by atoms with van der Waals surface area (Å²) in [5, 5.41) is 11.1. The van der Waals surface area contributed by atoms with E-state index in [2.05, 4.69) is 42.2 Å². The number of aromatic nitrogens is 8. The standard InChI is InChI=1S/C20H23FN10O10P2S/c21-8-12-7(39-18(8)31-5-27-10-16(31)28-20(23)29-17(10)33)2-37-43(35,44)41-13-11(32)6(1-36-42(34)40-12)38-19(13)30-4-26-9-14(22)24-3-25-15(9)30/h3-8,11-13,18-19,32,42H,1-2H2,(H,35,44)(H2,22,24,25)(H3,23,28,29,33)/t6-,7-,8-,11-,12-,13-,18-,19-,43?/m1/s1. The van der Waals surface area contributed by atoms with E-state index in [1.165, 1.54) is 17.2 Å². The maximum absolute atomic E-state index is 15.9. The second kappa shape index (κ2) is 11.1. The van der Waals surface area contributed by atoms with Crippen LogP contribution in [0.1, 0.15) is 12.5 Å². The number of nitrogens with zero attached hydrogens (tertiary/aromatic N) is 7. The fourth-order valence-corrected chi connectivity index (χ4v) is 7.55. The highest BCUT2D eigenvalue weighted by molar-refractivity contribution is 8.44. The first-order valence-electron chi connectivity index (χ1n) is 12.8. The van der Waals surface area contributed by atoms with Crippen molar-refractivity contribution in [1.82, 2.24) is 39.0 Å². The minimum atomic E-state index is -4.36. The maximum atomic E-state index is 15.9. The smallest absolute Gasteiger partial charge is 0.386 e. The number of halogens is 1. The summed E-state index contributed by atoms with van der Waals surface area (Å²) in [7, 11) is -3.47. The summed E-state index contributed by atoms with van der Waals surface area (Å²) in [5.41, 5.74) is 11.1. The van der Waals surface area contributed by atoms with E-state index in [1.807, 2.05) is 0 Å². The molecule has 7 rings (SSSR count). The highest BCUT2D eigenvalue weighted by Crippen LogP contribution is 2.57. The molecular weight excluding hydrogens is 653 g/mol. The fourth-order valence-electron chi connectivity index (χ4n) is 5.22. The Balaban J connectivity index is 1.18. The van der Waals surface area contributed by atoms with E-state index in [0.717, 1.165) is 10.9 Å². The van der Waals surface area contributed by atoms with Crippen LogP contribution in [0.25, 0.3) is 22.3 Å². The van der Waals surface area contributed by atoms with Gasteiger partial charge in [0, 0.05) is 0 Å². The predicted octanol–water partition coefficient (Wildman–Crippen LogP) is -0.138. The molecule has 236 valence electrons. The Hall–Kier alpha value is -3.04. The summed E-state index contributed by atoms with van der Waals surface area (Å²) in [4.78, 5) is 34.6. The van der Waals surface area contributed by atoms with Crippen molar-refractivity contribution in [2.75, 3.05) is 24.7 Å². The molecule has 20 nitrogen and oxygen atoms in total. The van der Waals surface area contributed by atoms with E-state index in [-0.39, 0.29) is 34.1 Å². The lowest BCUT2D eigenvalue weighted by atomic mass is 10.1. The summed E-state index contributed by atoms with van der Waals surface area (Å²) >= 11 is 4.05. The van der Waals surface area contributed by atoms with Gasteiger partial charge in [0.05, 0.1) is 25.9 Å². The second-order valence-electron chi connectivity index (χ2n) is 9.90. The van der Waals surface area contributed by atoms with Gasteiger partial charge in [0.25, 0.3) is 5.56 Å². The molecule has 3 fully saturated rings. The van der Waals surface area contributed by atoms with Crippen molar-refractivity contribution in [3.63, 3.8) is 0 Å². The van der Waals surface area contributed by atoms with Crippen LogP contribution in [-0.2, 0) is 36.7 Å². The van der Waals surface area contributed by atoms with E-state index in [0.29, 0.717) is 0 Å². The molecule has 10 atom stereocenters. The van der Waals surface area contributed by atoms with Gasteiger partial charge in [-0.3, -0.25) is 32.5 Å². The van der Waals surface area contributed by atoms with E-state index in [1.54, 1.807) is 0 Å². The Morgan fingerprint density at radius 2 is 1.77 bits per heavy atom. The van der Waals surface area contributed by atoms with Crippen LogP contribution in [0.4, 0.5) is 16.2 Å². The molecule has 0 spiro atoms. The normalized spacial score (nSPS) is 36.6. The summed E-state index contributed by atoms with van der Waals surface area (Å²) in [6, 6.07) is 0. The van der Waals surface area contributed by atoms with Crippen molar-refractivity contribution in [2.45, 2.75) is 49.1 Å². The molecule has 6 N–H and O–H groups in total. The van der Waals surface area contributed by atoms with Gasteiger partial charge >= 0.3 is 15.1 Å². The van der Waals surface area contributed by atoms with Crippen LogP contribution in [0.15, 0.2) is 23.8 Å². The topological polar surface area (TPSA) is 269 Å². The number of nitrogens with two attached hydrogens (primary N) is 2. The number of thiol groups is 1. The molecule has 0 amide bonds. The third-order valence-electron chi connectivity index (χ3n) is 7.22. The van der Waals surface area contributed by atoms with Gasteiger partial charge in [-0.2, -0.15) is 4.98 Å². The quantitative estimate of drug-likeness (QED) is 0.137. The summed E-state index contributed by atoms with van der Waals surface area (Å²) in [6.45, 7) is -5.51. The molecule has 4 aromatic heterocycles. The third-order valence-corrected chi connectivity index (χ3v) is 9.70. The van der Waals surface area contributed by atoms with Crippen LogP contribution in [0.2, 0.25) is 0 Å². The summed E-state index contributed by atoms with van der Waals surface area (Å²) in [6.07, 6.45) is -8.20. The molecule has 0 saturated carbocycles. The van der Waals surface area contributed by atoms with Gasteiger partial charge < -0.3 is 35.1 Å². The van der Waals surface area contributed by atoms with Crippen LogP contribution in [0.5, 0.6) is 0 Å². The number of nitrogen functional groups attached to an aromatic ring is 2. The number of fused-ring (bicyclic) bond motifs is 5. The van der Waals surface area contributed by atoms with Crippen molar-refractivity contribution < 1.29 is 46.2 Å². The third kappa shape index (κ3) is 5.10. The van der Waals surface area contributed by atoms with Crippen molar-refractivity contribution in [3.05, 3.63) is 29.3 Å². The lowest BCUT2D eigenvalue weighted by Crippen LogP contribution is -2.35. The molecule has 2 unspecified atom stereocenters. The van der Waals surface area contributed by atoms with E-state index in [9.17, 15) is 19.0 Å². The number of ether oxygens (including phenoxy) is 2. The SMILES string of the molecule is Nc1nc2c(ncn2[C@@H]2O[C@@H]3COP(=O)(S)O[C@@H]4[C@H](O)[C@@H](CO[PH](=O)O[C@H]3[C@H]2F)O[C@H]4n2cnc3c(N)ncnc32)c(=O)[nH]1. The molecule has 24 heteroatoms. The number of aliphatic hydroxyl groups excluding tert-OH is 1. The van der Waals surface area contributed by atoms with Gasteiger partial charge in [-0.1, -0.05) is 12.2 Å². The van der Waals surface area contributed by atoms with Crippen molar-refractivity contribution >= 4 is 61.4 Å². The molecule has 2 bridgehead atoms. The zero-order chi connectivity index (χ0) is 30.9. The van der Waals surface area contributed by atoms with Gasteiger partial charge in [-0.15, -0.1) is 0 Å². The van der Waals surface area contributed by atoms with Crippen molar-refractivity contribution in [2.24, 2.45) is 0 Å². The Labute approximate surface area is 249 Å². The van der Waals surface area contributed by atoms with E-state index in [4.69, 9.17) is 39.0 Å². The molecule has 4 aromatic rings. The fraction of sp³-hybridized carbons (Fsp3) is 0.500. The van der Waals surface area contributed by atoms with Gasteiger partial charge in [0.2, 0.25) is 5.95 Å². The Morgan fingerprint density at radius 1 is 1.05 bits per heavy atom. The Bertz CT molecular complexity index is 1880. The van der Waals surface area contributed by atoms with Gasteiger partial charge in [-0.05, 0) is 0 Å². The molecule has 3 aliphatic rings. The first-order chi connectivity index (χ1) is 21.0. The van der Waals surface area contributed by atoms with Gasteiger partial charge in [-0.25, -0.2) is 28.9 Å². The highest BCUT2D eigenvalue weighted by atomic mass is 32.7. The van der Waals surface area contributed by atoms with Crippen LogP contribution in [0.3, 0.4) is 0 Å². The largest absolute Gasteiger partial charge is 0.387 e.